The minimum Gasteiger partial charge on any atom is -0.315 e. The van der Waals surface area contributed by atoms with E-state index in [2.05, 4.69) is 5.32 Å². The van der Waals surface area contributed by atoms with Gasteiger partial charge in [-0.2, -0.15) is 4.31 Å². The van der Waals surface area contributed by atoms with Gasteiger partial charge in [-0.3, -0.25) is 10.1 Å². The molecule has 10 heteroatoms. The van der Waals surface area contributed by atoms with Gasteiger partial charge in [-0.25, -0.2) is 8.42 Å². The molecule has 1 fully saturated rings. The maximum atomic E-state index is 12.5. The second-order valence-electron chi connectivity index (χ2n) is 4.54. The quantitative estimate of drug-likeness (QED) is 0.654. The maximum Gasteiger partial charge on any atom is 0.290 e. The van der Waals surface area contributed by atoms with Crippen molar-refractivity contribution in [2.75, 3.05) is 20.1 Å². The van der Waals surface area contributed by atoms with Crippen molar-refractivity contribution in [3.05, 3.63) is 33.3 Å². The number of nitrogens with zero attached hydrogens (tertiary/aromatic N) is 2. The van der Waals surface area contributed by atoms with E-state index in [1.165, 1.54) is 23.5 Å². The lowest BCUT2D eigenvalue weighted by molar-refractivity contribution is -0.387. The van der Waals surface area contributed by atoms with Crippen molar-refractivity contribution in [2.24, 2.45) is 0 Å². The normalized spacial score (nSPS) is 18.5. The van der Waals surface area contributed by atoms with Gasteiger partial charge in [-0.15, -0.1) is 12.4 Å². The number of rotatable bonds is 4. The first kappa shape index (κ1) is 18.1. The Morgan fingerprint density at radius 1 is 1.48 bits per heavy atom. The van der Waals surface area contributed by atoms with E-state index in [0.717, 1.165) is 12.6 Å². The molecule has 0 aromatic heterocycles. The topological polar surface area (TPSA) is 92.6 Å². The van der Waals surface area contributed by atoms with Gasteiger partial charge >= 0.3 is 0 Å². The molecule has 0 radical (unpaired) electrons. The van der Waals surface area contributed by atoms with Crippen molar-refractivity contribution in [1.82, 2.24) is 9.62 Å². The van der Waals surface area contributed by atoms with Gasteiger partial charge in [0.15, 0.2) is 4.90 Å². The molecule has 1 heterocycles. The van der Waals surface area contributed by atoms with Crippen LogP contribution in [-0.4, -0.2) is 43.8 Å². The van der Waals surface area contributed by atoms with E-state index in [4.69, 9.17) is 11.6 Å². The third-order valence-corrected chi connectivity index (χ3v) is 5.52. The smallest absolute Gasteiger partial charge is 0.290 e. The van der Waals surface area contributed by atoms with Crippen molar-refractivity contribution in [1.29, 1.82) is 0 Å². The van der Waals surface area contributed by atoms with Crippen LogP contribution in [0.1, 0.15) is 6.42 Å². The fraction of sp³-hybridized carbons (Fsp3) is 0.455. The Labute approximate surface area is 133 Å². The Morgan fingerprint density at radius 2 is 2.14 bits per heavy atom. The molecule has 0 bridgehead atoms. The fourth-order valence-electron chi connectivity index (χ4n) is 2.15. The van der Waals surface area contributed by atoms with Crippen LogP contribution in [0.5, 0.6) is 0 Å². The van der Waals surface area contributed by atoms with Crippen LogP contribution in [-0.2, 0) is 10.0 Å². The number of nitro benzene ring substituents is 1. The molecule has 0 saturated carbocycles. The summed E-state index contributed by atoms with van der Waals surface area (Å²) in [6.07, 6.45) is 0.678. The Bertz CT molecular complexity index is 632. The fourth-order valence-corrected chi connectivity index (χ4v) is 3.84. The van der Waals surface area contributed by atoms with Crippen LogP contribution in [0.4, 0.5) is 5.69 Å². The minimum absolute atomic E-state index is 0. The van der Waals surface area contributed by atoms with Gasteiger partial charge < -0.3 is 5.32 Å². The van der Waals surface area contributed by atoms with E-state index in [9.17, 15) is 18.5 Å². The highest BCUT2D eigenvalue weighted by molar-refractivity contribution is 7.89. The molecule has 2 rings (SSSR count). The molecule has 0 spiro atoms. The Hall–Kier alpha value is -0.930. The summed E-state index contributed by atoms with van der Waals surface area (Å²) in [7, 11) is -2.49. The van der Waals surface area contributed by atoms with Crippen molar-refractivity contribution in [2.45, 2.75) is 17.4 Å². The molecule has 1 aromatic rings. The summed E-state index contributed by atoms with van der Waals surface area (Å²) in [6.45, 7) is 1.27. The lowest BCUT2D eigenvalue weighted by Crippen LogP contribution is -2.38. The van der Waals surface area contributed by atoms with Crippen LogP contribution in [0.15, 0.2) is 23.1 Å². The standard InChI is InChI=1S/C11H14ClN3O4S.ClH/c1-14(9-4-5-13-7-9)20(18,19)11-3-2-8(12)6-10(11)15(16)17;/h2-3,6,9,13H,4-5,7H2,1H3;1H. The Kier molecular flexibility index (Phi) is 5.94. The molecule has 1 aliphatic rings. The molecule has 1 aromatic carbocycles. The molecule has 1 aliphatic heterocycles. The molecular weight excluding hydrogens is 341 g/mol. The van der Waals surface area contributed by atoms with Crippen molar-refractivity contribution in [3.63, 3.8) is 0 Å². The third kappa shape index (κ3) is 3.64. The number of halogens is 2. The van der Waals surface area contributed by atoms with E-state index in [-0.39, 0.29) is 28.4 Å². The summed E-state index contributed by atoms with van der Waals surface area (Å²) in [5.74, 6) is 0. The number of nitrogens with one attached hydrogen (secondary N) is 1. The van der Waals surface area contributed by atoms with Crippen LogP contribution in [0, 0.1) is 10.1 Å². The minimum atomic E-state index is -3.92. The molecule has 1 unspecified atom stereocenters. The summed E-state index contributed by atoms with van der Waals surface area (Å²) >= 11 is 5.69. The Morgan fingerprint density at radius 3 is 2.67 bits per heavy atom. The third-order valence-electron chi connectivity index (χ3n) is 3.32. The zero-order valence-electron chi connectivity index (χ0n) is 11.2. The van der Waals surface area contributed by atoms with E-state index < -0.39 is 20.6 Å². The van der Waals surface area contributed by atoms with Crippen LogP contribution in [0.2, 0.25) is 5.02 Å². The van der Waals surface area contributed by atoms with Gasteiger partial charge in [0, 0.05) is 30.7 Å². The molecule has 1 N–H and O–H groups in total. The number of hydrogen-bond donors (Lipinski definition) is 1. The van der Waals surface area contributed by atoms with Crippen molar-refractivity contribution < 1.29 is 13.3 Å². The molecular formula is C11H15Cl2N3O4S. The van der Waals surface area contributed by atoms with Crippen LogP contribution >= 0.6 is 24.0 Å². The van der Waals surface area contributed by atoms with Crippen LogP contribution in [0.25, 0.3) is 0 Å². The highest BCUT2D eigenvalue weighted by atomic mass is 35.5. The molecule has 0 aliphatic carbocycles. The van der Waals surface area contributed by atoms with Crippen LogP contribution < -0.4 is 5.32 Å². The molecule has 118 valence electrons. The SMILES string of the molecule is CN(C1CCNC1)S(=O)(=O)c1ccc(Cl)cc1[N+](=O)[O-].Cl. The zero-order chi connectivity index (χ0) is 14.9. The van der Waals surface area contributed by atoms with Crippen LogP contribution in [0.3, 0.4) is 0 Å². The maximum absolute atomic E-state index is 12.5. The first-order valence-corrected chi connectivity index (χ1v) is 7.78. The van der Waals surface area contributed by atoms with Gasteiger partial charge in [-0.1, -0.05) is 11.6 Å². The van der Waals surface area contributed by atoms with Gasteiger partial charge in [0.2, 0.25) is 10.0 Å². The summed E-state index contributed by atoms with van der Waals surface area (Å²) < 4.78 is 26.2. The first-order valence-electron chi connectivity index (χ1n) is 5.96. The zero-order valence-corrected chi connectivity index (χ0v) is 13.5. The lowest BCUT2D eigenvalue weighted by atomic mass is 10.3. The molecule has 1 saturated heterocycles. The average Bonchev–Trinajstić information content (AvgIpc) is 2.91. The molecule has 21 heavy (non-hydrogen) atoms. The predicted octanol–water partition coefficient (Wildman–Crippen LogP) is 1.65. The monoisotopic (exact) mass is 355 g/mol. The summed E-state index contributed by atoms with van der Waals surface area (Å²) in [5, 5.41) is 14.2. The lowest BCUT2D eigenvalue weighted by Gasteiger charge is -2.22. The van der Waals surface area contributed by atoms with Gasteiger partial charge in [0.25, 0.3) is 5.69 Å². The van der Waals surface area contributed by atoms with Gasteiger partial charge in [-0.05, 0) is 25.1 Å². The molecule has 0 amide bonds. The number of sulfonamides is 1. The second-order valence-corrected chi connectivity index (χ2v) is 6.94. The highest BCUT2D eigenvalue weighted by Gasteiger charge is 2.34. The predicted molar refractivity (Wildman–Crippen MR) is 81.6 cm³/mol. The van der Waals surface area contributed by atoms with E-state index in [1.54, 1.807) is 0 Å². The molecule has 7 nitrogen and oxygen atoms in total. The largest absolute Gasteiger partial charge is 0.315 e. The second kappa shape index (κ2) is 6.89. The van der Waals surface area contributed by atoms with Crippen molar-refractivity contribution in [3.8, 4) is 0 Å². The van der Waals surface area contributed by atoms with E-state index in [0.29, 0.717) is 13.0 Å². The summed E-state index contributed by atoms with van der Waals surface area (Å²) in [6, 6.07) is 3.36. The average molecular weight is 356 g/mol. The van der Waals surface area contributed by atoms with E-state index in [1.807, 2.05) is 0 Å². The highest BCUT2D eigenvalue weighted by Crippen LogP contribution is 2.30. The molecule has 1 atom stereocenters. The number of likely N-dealkylation sites (N-methyl/N-ethyl adjacent to an activating group) is 1. The van der Waals surface area contributed by atoms with Gasteiger partial charge in [0.05, 0.1) is 4.92 Å². The summed E-state index contributed by atoms with van der Waals surface area (Å²) in [4.78, 5) is 9.95. The first-order chi connectivity index (χ1) is 9.34. The summed E-state index contributed by atoms with van der Waals surface area (Å²) in [5.41, 5.74) is -0.504. The number of hydrogen-bond acceptors (Lipinski definition) is 5. The van der Waals surface area contributed by atoms with Crippen molar-refractivity contribution >= 4 is 39.7 Å². The number of benzene rings is 1. The van der Waals surface area contributed by atoms with E-state index >= 15 is 0 Å². The van der Waals surface area contributed by atoms with Gasteiger partial charge in [0.1, 0.15) is 0 Å². The number of nitro groups is 1. The Balaban J connectivity index is 0.00000220.